The van der Waals surface area contributed by atoms with Crippen LogP contribution in [0.2, 0.25) is 10.0 Å². The van der Waals surface area contributed by atoms with E-state index in [9.17, 15) is 10.1 Å². The Kier molecular flexibility index (Phi) is 7.53. The second-order valence-electron chi connectivity index (χ2n) is 6.22. The number of para-hydroxylation sites is 1. The van der Waals surface area contributed by atoms with Gasteiger partial charge in [0.05, 0.1) is 14.5 Å². The van der Waals surface area contributed by atoms with Crippen molar-refractivity contribution in [2.45, 2.75) is 6.61 Å². The van der Waals surface area contributed by atoms with Crippen LogP contribution in [0.1, 0.15) is 11.1 Å². The molecule has 30 heavy (non-hydrogen) atoms. The van der Waals surface area contributed by atoms with Crippen molar-refractivity contribution in [3.8, 4) is 11.8 Å². The van der Waals surface area contributed by atoms with Crippen LogP contribution >= 0.6 is 39.1 Å². The minimum Gasteiger partial charge on any atom is -0.488 e. The molecule has 0 fully saturated rings. The number of benzene rings is 3. The molecule has 0 aliphatic heterocycles. The van der Waals surface area contributed by atoms with Crippen LogP contribution < -0.4 is 10.1 Å². The van der Waals surface area contributed by atoms with Crippen molar-refractivity contribution < 1.29 is 9.53 Å². The first-order valence-corrected chi connectivity index (χ1v) is 10.4. The Morgan fingerprint density at radius 2 is 1.83 bits per heavy atom. The largest absolute Gasteiger partial charge is 0.488 e. The third kappa shape index (κ3) is 5.87. The monoisotopic (exact) mass is 500 g/mol. The topological polar surface area (TPSA) is 62.1 Å². The van der Waals surface area contributed by atoms with Gasteiger partial charge in [0.2, 0.25) is 0 Å². The van der Waals surface area contributed by atoms with Crippen LogP contribution in [0.3, 0.4) is 0 Å². The lowest BCUT2D eigenvalue weighted by Gasteiger charge is -2.10. The van der Waals surface area contributed by atoms with E-state index in [4.69, 9.17) is 27.9 Å². The van der Waals surface area contributed by atoms with Crippen LogP contribution in [-0.2, 0) is 11.4 Å². The summed E-state index contributed by atoms with van der Waals surface area (Å²) in [7, 11) is 0. The van der Waals surface area contributed by atoms with Crippen molar-refractivity contribution in [3.05, 3.63) is 97.9 Å². The number of nitrogens with one attached hydrogen (secondary N) is 1. The Hall–Kier alpha value is -2.78. The molecular formula is C23H15BrCl2N2O2. The van der Waals surface area contributed by atoms with E-state index >= 15 is 0 Å². The van der Waals surface area contributed by atoms with Gasteiger partial charge in [-0.05, 0) is 69.5 Å². The Labute approximate surface area is 192 Å². The minimum absolute atomic E-state index is 0.00442. The molecule has 0 radical (unpaired) electrons. The Morgan fingerprint density at radius 1 is 1.07 bits per heavy atom. The second kappa shape index (κ2) is 10.3. The predicted molar refractivity (Wildman–Crippen MR) is 124 cm³/mol. The number of carbonyl (C=O) groups is 1. The Morgan fingerprint density at radius 3 is 2.50 bits per heavy atom. The average Bonchev–Trinajstić information content (AvgIpc) is 2.74. The van der Waals surface area contributed by atoms with Crippen molar-refractivity contribution in [2.24, 2.45) is 0 Å². The van der Waals surface area contributed by atoms with Crippen molar-refractivity contribution in [1.82, 2.24) is 0 Å². The van der Waals surface area contributed by atoms with Gasteiger partial charge in [-0.1, -0.05) is 53.5 Å². The van der Waals surface area contributed by atoms with Crippen LogP contribution in [0.4, 0.5) is 5.69 Å². The highest BCUT2D eigenvalue weighted by Gasteiger charge is 2.10. The third-order valence-electron chi connectivity index (χ3n) is 4.04. The van der Waals surface area contributed by atoms with Gasteiger partial charge < -0.3 is 10.1 Å². The highest BCUT2D eigenvalue weighted by Crippen LogP contribution is 2.29. The first kappa shape index (κ1) is 21.9. The molecule has 0 heterocycles. The fourth-order valence-corrected chi connectivity index (χ4v) is 3.38. The number of nitriles is 1. The number of carbonyl (C=O) groups excluding carboxylic acids is 1. The van der Waals surface area contributed by atoms with Gasteiger partial charge in [-0.25, -0.2) is 0 Å². The number of halogens is 3. The van der Waals surface area contributed by atoms with Crippen molar-refractivity contribution >= 4 is 56.8 Å². The van der Waals surface area contributed by atoms with Crippen LogP contribution in [0.5, 0.6) is 5.75 Å². The van der Waals surface area contributed by atoms with Crippen molar-refractivity contribution in [1.29, 1.82) is 5.26 Å². The van der Waals surface area contributed by atoms with Gasteiger partial charge in [0, 0.05) is 5.69 Å². The van der Waals surface area contributed by atoms with Crippen LogP contribution in [0.15, 0.2) is 76.8 Å². The molecule has 150 valence electrons. The number of nitrogens with zero attached hydrogens (tertiary/aromatic N) is 1. The molecule has 0 aromatic heterocycles. The van der Waals surface area contributed by atoms with E-state index in [2.05, 4.69) is 21.2 Å². The molecule has 0 unspecified atom stereocenters. The van der Waals surface area contributed by atoms with E-state index < -0.39 is 5.91 Å². The molecule has 0 spiro atoms. The Balaban J connectivity index is 1.70. The highest BCUT2D eigenvalue weighted by atomic mass is 79.9. The average molecular weight is 502 g/mol. The summed E-state index contributed by atoms with van der Waals surface area (Å²) >= 11 is 15.4. The molecule has 3 aromatic carbocycles. The van der Waals surface area contributed by atoms with E-state index in [1.54, 1.807) is 54.6 Å². The van der Waals surface area contributed by atoms with E-state index in [1.807, 2.05) is 18.2 Å². The normalized spacial score (nSPS) is 10.9. The molecule has 0 saturated carbocycles. The summed E-state index contributed by atoms with van der Waals surface area (Å²) in [4.78, 5) is 12.4. The molecule has 3 aromatic rings. The van der Waals surface area contributed by atoms with Gasteiger partial charge in [0.25, 0.3) is 5.91 Å². The smallest absolute Gasteiger partial charge is 0.266 e. The summed E-state index contributed by atoms with van der Waals surface area (Å²) in [6.07, 6.45) is 1.52. The molecule has 0 aliphatic rings. The van der Waals surface area contributed by atoms with Gasteiger partial charge in [0.1, 0.15) is 24.0 Å². The van der Waals surface area contributed by atoms with Gasteiger partial charge in [-0.3, -0.25) is 4.79 Å². The number of rotatable bonds is 6. The number of hydrogen-bond donors (Lipinski definition) is 1. The second-order valence-corrected chi connectivity index (χ2v) is 7.89. The summed E-state index contributed by atoms with van der Waals surface area (Å²) in [6, 6.07) is 21.5. The zero-order valence-corrected chi connectivity index (χ0v) is 18.6. The lowest BCUT2D eigenvalue weighted by atomic mass is 10.1. The molecule has 0 bridgehead atoms. The fraction of sp³-hybridized carbons (Fsp3) is 0.0435. The molecule has 1 amide bonds. The standard InChI is InChI=1S/C23H15BrCl2N2O2/c24-19-11-15(10-17(13-27)23(29)28-18-4-2-1-3-5-18)7-9-22(19)30-14-16-6-8-20(25)21(26)12-16/h1-12H,14H2,(H,28,29)/b17-10-. The van der Waals surface area contributed by atoms with E-state index in [-0.39, 0.29) is 5.57 Å². The molecule has 0 aliphatic carbocycles. The van der Waals surface area contributed by atoms with E-state index in [0.717, 1.165) is 5.56 Å². The summed E-state index contributed by atoms with van der Waals surface area (Å²) in [5.74, 6) is 0.144. The number of amides is 1. The molecule has 0 atom stereocenters. The van der Waals surface area contributed by atoms with E-state index in [1.165, 1.54) is 6.08 Å². The molecule has 1 N–H and O–H groups in total. The molecule has 4 nitrogen and oxygen atoms in total. The predicted octanol–water partition coefficient (Wildman–Crippen LogP) is 6.88. The maximum atomic E-state index is 12.4. The summed E-state index contributed by atoms with van der Waals surface area (Å²) in [5.41, 5.74) is 2.18. The van der Waals surface area contributed by atoms with Crippen molar-refractivity contribution in [2.75, 3.05) is 5.32 Å². The van der Waals surface area contributed by atoms with E-state index in [0.29, 0.717) is 38.1 Å². The minimum atomic E-state index is -0.472. The van der Waals surface area contributed by atoms with Crippen LogP contribution in [-0.4, -0.2) is 5.91 Å². The lowest BCUT2D eigenvalue weighted by molar-refractivity contribution is -0.112. The van der Waals surface area contributed by atoms with Gasteiger partial charge >= 0.3 is 0 Å². The highest BCUT2D eigenvalue weighted by molar-refractivity contribution is 9.10. The first-order chi connectivity index (χ1) is 14.5. The molecular weight excluding hydrogens is 487 g/mol. The maximum absolute atomic E-state index is 12.4. The summed E-state index contributed by atoms with van der Waals surface area (Å²) in [6.45, 7) is 0.313. The fourth-order valence-electron chi connectivity index (χ4n) is 2.55. The molecule has 3 rings (SSSR count). The van der Waals surface area contributed by atoms with Crippen LogP contribution in [0.25, 0.3) is 6.08 Å². The quantitative estimate of drug-likeness (QED) is 0.295. The zero-order chi connectivity index (χ0) is 21.5. The third-order valence-corrected chi connectivity index (χ3v) is 5.40. The van der Waals surface area contributed by atoms with Gasteiger partial charge in [-0.2, -0.15) is 5.26 Å². The van der Waals surface area contributed by atoms with Crippen LogP contribution in [0, 0.1) is 11.3 Å². The number of hydrogen-bond acceptors (Lipinski definition) is 3. The van der Waals surface area contributed by atoms with Crippen molar-refractivity contribution in [3.63, 3.8) is 0 Å². The summed E-state index contributed by atoms with van der Waals surface area (Å²) < 4.78 is 6.51. The van der Waals surface area contributed by atoms with Gasteiger partial charge in [-0.15, -0.1) is 0 Å². The Bertz CT molecular complexity index is 1140. The first-order valence-electron chi connectivity index (χ1n) is 8.81. The summed E-state index contributed by atoms with van der Waals surface area (Å²) in [5, 5.41) is 13.0. The lowest BCUT2D eigenvalue weighted by Crippen LogP contribution is -2.13. The number of ether oxygens (including phenoxy) is 1. The molecule has 7 heteroatoms. The zero-order valence-electron chi connectivity index (χ0n) is 15.5. The SMILES string of the molecule is N#C/C(=C/c1ccc(OCc2ccc(Cl)c(Cl)c2)c(Br)c1)C(=O)Nc1ccccc1. The molecule has 0 saturated heterocycles. The van der Waals surface area contributed by atoms with Gasteiger partial charge in [0.15, 0.2) is 0 Å². The number of anilines is 1. The maximum Gasteiger partial charge on any atom is 0.266 e.